The summed E-state index contributed by atoms with van der Waals surface area (Å²) in [5.74, 6) is -5.77. The monoisotopic (exact) mass is 524 g/mol. The molecule has 10 heteroatoms. The fourth-order valence-corrected chi connectivity index (χ4v) is 5.33. The van der Waals surface area contributed by atoms with Gasteiger partial charge in [0.1, 0.15) is 5.78 Å². The summed E-state index contributed by atoms with van der Waals surface area (Å²) in [6, 6.07) is 10.2. The molecular formula is C28H30F2N4O4. The highest BCUT2D eigenvalue weighted by Crippen LogP contribution is 2.32. The van der Waals surface area contributed by atoms with Gasteiger partial charge < -0.3 is 20.0 Å². The Morgan fingerprint density at radius 3 is 2.55 bits per heavy atom. The first-order chi connectivity index (χ1) is 18.1. The van der Waals surface area contributed by atoms with Gasteiger partial charge in [0.05, 0.1) is 12.5 Å². The van der Waals surface area contributed by atoms with Crippen molar-refractivity contribution in [2.24, 2.45) is 0 Å². The van der Waals surface area contributed by atoms with Crippen LogP contribution in [0.15, 0.2) is 42.5 Å². The molecule has 1 aliphatic carbocycles. The van der Waals surface area contributed by atoms with E-state index >= 15 is 8.78 Å². The number of nitrogens with zero attached hydrogens (tertiary/aromatic N) is 3. The molecule has 1 N–H and O–H groups in total. The number of Topliss-reactive ketones (excluding diaryl/α,β-unsaturated/α-hetero) is 2. The van der Waals surface area contributed by atoms with Gasteiger partial charge in [0.25, 0.3) is 11.8 Å². The highest BCUT2D eigenvalue weighted by atomic mass is 19.3. The van der Waals surface area contributed by atoms with Crippen molar-refractivity contribution < 1.29 is 28.0 Å². The zero-order valence-electron chi connectivity index (χ0n) is 21.2. The number of amides is 2. The molecular weight excluding hydrogens is 494 g/mol. The zero-order valence-corrected chi connectivity index (χ0v) is 21.2. The number of hydrogen-bond donors (Lipinski definition) is 1. The summed E-state index contributed by atoms with van der Waals surface area (Å²) in [6.07, 6.45) is 0.417. The molecule has 2 aliphatic heterocycles. The molecule has 3 aliphatic rings. The zero-order chi connectivity index (χ0) is 27.0. The predicted octanol–water partition coefficient (Wildman–Crippen LogP) is 2.49. The molecule has 2 aromatic carbocycles. The number of ketones is 2. The van der Waals surface area contributed by atoms with E-state index in [0.29, 0.717) is 28.8 Å². The van der Waals surface area contributed by atoms with E-state index in [9.17, 15) is 19.2 Å². The number of halogens is 2. The number of carbonyl (C=O) groups is 4. The van der Waals surface area contributed by atoms with E-state index in [1.54, 1.807) is 30.3 Å². The van der Waals surface area contributed by atoms with Crippen molar-refractivity contribution in [1.82, 2.24) is 15.1 Å². The summed E-state index contributed by atoms with van der Waals surface area (Å²) >= 11 is 0. The molecule has 5 rings (SSSR count). The highest BCUT2D eigenvalue weighted by molar-refractivity contribution is 6.07. The van der Waals surface area contributed by atoms with Crippen molar-refractivity contribution in [3.05, 3.63) is 64.7 Å². The van der Waals surface area contributed by atoms with Gasteiger partial charge >= 0.3 is 5.92 Å². The number of rotatable bonds is 6. The second kappa shape index (κ2) is 10.2. The Kier molecular flexibility index (Phi) is 7.00. The molecule has 1 saturated heterocycles. The van der Waals surface area contributed by atoms with Gasteiger partial charge in [0.15, 0.2) is 5.78 Å². The maximum absolute atomic E-state index is 15.1. The first-order valence-corrected chi connectivity index (χ1v) is 12.8. The number of benzene rings is 2. The predicted molar refractivity (Wildman–Crippen MR) is 136 cm³/mol. The Morgan fingerprint density at radius 1 is 1.05 bits per heavy atom. The van der Waals surface area contributed by atoms with Gasteiger partial charge in [-0.3, -0.25) is 19.2 Å². The fraction of sp³-hybridized carbons (Fsp3) is 0.429. The fourth-order valence-electron chi connectivity index (χ4n) is 5.33. The van der Waals surface area contributed by atoms with Gasteiger partial charge in [-0.2, -0.15) is 8.78 Å². The molecule has 2 aromatic rings. The molecule has 2 amide bonds. The minimum atomic E-state index is -3.72. The van der Waals surface area contributed by atoms with E-state index in [2.05, 4.69) is 10.2 Å². The topological polar surface area (TPSA) is 90.0 Å². The first kappa shape index (κ1) is 26.0. The van der Waals surface area contributed by atoms with E-state index < -0.39 is 17.9 Å². The maximum atomic E-state index is 15.1. The van der Waals surface area contributed by atoms with Gasteiger partial charge in [-0.15, -0.1) is 0 Å². The van der Waals surface area contributed by atoms with Crippen LogP contribution in [0.25, 0.3) is 0 Å². The molecule has 1 unspecified atom stereocenters. The Balaban J connectivity index is 1.23. The largest absolute Gasteiger partial charge is 0.369 e. The second-order valence-corrected chi connectivity index (χ2v) is 10.3. The van der Waals surface area contributed by atoms with Gasteiger partial charge in [-0.1, -0.05) is 24.3 Å². The van der Waals surface area contributed by atoms with Crippen LogP contribution in [0, 0.1) is 0 Å². The third-order valence-corrected chi connectivity index (χ3v) is 7.63. The number of hydrogen-bond acceptors (Lipinski definition) is 6. The molecule has 200 valence electrons. The third-order valence-electron chi connectivity index (χ3n) is 7.63. The van der Waals surface area contributed by atoms with E-state index in [4.69, 9.17) is 0 Å². The quantitative estimate of drug-likeness (QED) is 0.585. The SMILES string of the molecule is CN1CCN(c2cccc(C(F)(F)C(=O)NCc3ccc4c(c3)CN(C3CCC(=O)CC3=O)C4=O)c2)CC1. The number of carbonyl (C=O) groups excluding carboxylic acids is 4. The molecule has 0 bridgehead atoms. The Morgan fingerprint density at radius 2 is 1.82 bits per heavy atom. The molecule has 38 heavy (non-hydrogen) atoms. The summed E-state index contributed by atoms with van der Waals surface area (Å²) in [5.41, 5.74) is 1.97. The van der Waals surface area contributed by atoms with E-state index in [1.807, 2.05) is 11.9 Å². The summed E-state index contributed by atoms with van der Waals surface area (Å²) < 4.78 is 30.2. The molecule has 2 heterocycles. The summed E-state index contributed by atoms with van der Waals surface area (Å²) in [7, 11) is 2.02. The lowest BCUT2D eigenvalue weighted by Gasteiger charge is -2.34. The van der Waals surface area contributed by atoms with Crippen LogP contribution in [0.5, 0.6) is 0 Å². The Hall–Kier alpha value is -3.66. The van der Waals surface area contributed by atoms with Crippen LogP contribution in [0.2, 0.25) is 0 Å². The average molecular weight is 525 g/mol. The number of anilines is 1. The number of nitrogens with one attached hydrogen (secondary N) is 1. The van der Waals surface area contributed by atoms with Crippen LogP contribution in [-0.4, -0.2) is 72.4 Å². The van der Waals surface area contributed by atoms with Crippen LogP contribution in [0.3, 0.4) is 0 Å². The molecule has 0 spiro atoms. The highest BCUT2D eigenvalue weighted by Gasteiger charge is 2.42. The van der Waals surface area contributed by atoms with Crippen molar-refractivity contribution >= 4 is 29.1 Å². The van der Waals surface area contributed by atoms with Crippen LogP contribution in [-0.2, 0) is 33.4 Å². The lowest BCUT2D eigenvalue weighted by Crippen LogP contribution is -2.44. The van der Waals surface area contributed by atoms with E-state index in [0.717, 1.165) is 26.2 Å². The summed E-state index contributed by atoms with van der Waals surface area (Å²) in [5, 5.41) is 2.33. The lowest BCUT2D eigenvalue weighted by atomic mass is 9.92. The van der Waals surface area contributed by atoms with Gasteiger partial charge in [-0.05, 0) is 42.8 Å². The number of likely N-dealkylation sites (N-methyl/N-ethyl adjacent to an activating group) is 1. The Labute approximate surface area is 219 Å². The van der Waals surface area contributed by atoms with Crippen molar-refractivity contribution in [3.63, 3.8) is 0 Å². The average Bonchev–Trinajstić information content (AvgIpc) is 3.23. The van der Waals surface area contributed by atoms with Crippen molar-refractivity contribution in [2.45, 2.75) is 44.3 Å². The first-order valence-electron chi connectivity index (χ1n) is 12.8. The van der Waals surface area contributed by atoms with Crippen LogP contribution in [0.1, 0.15) is 46.3 Å². The molecule has 8 nitrogen and oxygen atoms in total. The van der Waals surface area contributed by atoms with Crippen LogP contribution >= 0.6 is 0 Å². The molecule has 1 atom stereocenters. The van der Waals surface area contributed by atoms with Crippen molar-refractivity contribution in [1.29, 1.82) is 0 Å². The van der Waals surface area contributed by atoms with E-state index in [1.165, 1.54) is 17.0 Å². The molecule has 0 aromatic heterocycles. The standard InChI is InChI=1S/C28H30F2N4O4/c1-32-9-11-33(12-10-32)21-4-2-3-20(14-21)28(29,30)27(38)31-16-18-5-7-23-19(13-18)17-34(26(23)37)24-8-6-22(35)15-25(24)36/h2-5,7,13-14,24H,6,8-12,15-17H2,1H3,(H,31,38). The minimum absolute atomic E-state index is 0.115. The van der Waals surface area contributed by atoms with Gasteiger partial charge in [0, 0.05) is 62.5 Å². The smallest absolute Gasteiger partial charge is 0.349 e. The lowest BCUT2D eigenvalue weighted by molar-refractivity contribution is -0.147. The van der Waals surface area contributed by atoms with Crippen LogP contribution in [0.4, 0.5) is 14.5 Å². The molecule has 1 saturated carbocycles. The van der Waals surface area contributed by atoms with E-state index in [-0.39, 0.29) is 49.0 Å². The van der Waals surface area contributed by atoms with Crippen LogP contribution < -0.4 is 10.2 Å². The summed E-state index contributed by atoms with van der Waals surface area (Å²) in [4.78, 5) is 55.0. The maximum Gasteiger partial charge on any atom is 0.349 e. The van der Waals surface area contributed by atoms with Gasteiger partial charge in [0.2, 0.25) is 0 Å². The number of piperazine rings is 1. The molecule has 0 radical (unpaired) electrons. The third kappa shape index (κ3) is 5.05. The second-order valence-electron chi connectivity index (χ2n) is 10.3. The van der Waals surface area contributed by atoms with Gasteiger partial charge in [-0.25, -0.2) is 0 Å². The number of fused-ring (bicyclic) bond motifs is 1. The minimum Gasteiger partial charge on any atom is -0.369 e. The summed E-state index contributed by atoms with van der Waals surface area (Å²) in [6.45, 7) is 3.19. The molecule has 2 fully saturated rings. The normalized spacial score (nSPS) is 20.6. The number of alkyl halides is 2. The van der Waals surface area contributed by atoms with Crippen molar-refractivity contribution in [3.8, 4) is 0 Å². The Bertz CT molecular complexity index is 1290. The van der Waals surface area contributed by atoms with Crippen molar-refractivity contribution in [2.75, 3.05) is 38.1 Å².